The Bertz CT molecular complexity index is 768. The molecule has 0 aromatic heterocycles. The van der Waals surface area contributed by atoms with E-state index in [0.717, 1.165) is 17.3 Å². The van der Waals surface area contributed by atoms with Gasteiger partial charge in [-0.25, -0.2) is 4.39 Å². The van der Waals surface area contributed by atoms with Gasteiger partial charge in [-0.05, 0) is 43.9 Å². The fourth-order valence-corrected chi connectivity index (χ4v) is 2.97. The van der Waals surface area contributed by atoms with Crippen molar-refractivity contribution in [2.24, 2.45) is 0 Å². The maximum atomic E-state index is 13.5. The first-order valence-electron chi connectivity index (χ1n) is 8.11. The number of carbonyl (C=O) groups excluding carboxylic acids is 2. The van der Waals surface area contributed by atoms with Crippen molar-refractivity contribution in [2.75, 3.05) is 31.7 Å². The normalized spacial score (nSPS) is 10.6. The molecule has 2 aromatic rings. The van der Waals surface area contributed by atoms with Crippen molar-refractivity contribution < 1.29 is 14.0 Å². The van der Waals surface area contributed by atoms with E-state index in [4.69, 9.17) is 0 Å². The molecule has 0 fully saturated rings. The lowest BCUT2D eigenvalue weighted by atomic mass is 10.2. The number of benzene rings is 2. The number of anilines is 1. The van der Waals surface area contributed by atoms with Gasteiger partial charge in [0.05, 0.1) is 12.3 Å². The van der Waals surface area contributed by atoms with Crippen molar-refractivity contribution in [1.82, 2.24) is 10.2 Å². The molecule has 0 saturated carbocycles. The number of hydrogen-bond acceptors (Lipinski definition) is 4. The van der Waals surface area contributed by atoms with E-state index in [1.807, 2.05) is 32.3 Å². The third-order valence-corrected chi connectivity index (χ3v) is 4.40. The van der Waals surface area contributed by atoms with Gasteiger partial charge in [-0.3, -0.25) is 9.59 Å². The third-order valence-electron chi connectivity index (χ3n) is 3.36. The van der Waals surface area contributed by atoms with E-state index in [2.05, 4.69) is 10.6 Å². The van der Waals surface area contributed by atoms with Gasteiger partial charge in [0, 0.05) is 17.1 Å². The Morgan fingerprint density at radius 2 is 1.85 bits per heavy atom. The SMILES string of the molecule is CN(C)CC(=O)Nc1cccc(CNC(=O)CSc2ccccc2F)c1. The zero-order chi connectivity index (χ0) is 18.9. The van der Waals surface area contributed by atoms with Gasteiger partial charge in [-0.1, -0.05) is 24.3 Å². The first kappa shape index (κ1) is 19.9. The van der Waals surface area contributed by atoms with Gasteiger partial charge >= 0.3 is 0 Å². The van der Waals surface area contributed by atoms with Crippen molar-refractivity contribution >= 4 is 29.3 Å². The summed E-state index contributed by atoms with van der Waals surface area (Å²) in [5, 5.41) is 5.61. The number of halogens is 1. The van der Waals surface area contributed by atoms with Crippen molar-refractivity contribution in [1.29, 1.82) is 0 Å². The second kappa shape index (κ2) is 9.94. The zero-order valence-corrected chi connectivity index (χ0v) is 15.6. The summed E-state index contributed by atoms with van der Waals surface area (Å²) in [6.07, 6.45) is 0. The number of hydrogen-bond donors (Lipinski definition) is 2. The Kier molecular flexibility index (Phi) is 7.62. The first-order valence-corrected chi connectivity index (χ1v) is 9.10. The highest BCUT2D eigenvalue weighted by molar-refractivity contribution is 8.00. The smallest absolute Gasteiger partial charge is 0.238 e. The molecule has 5 nitrogen and oxygen atoms in total. The summed E-state index contributed by atoms with van der Waals surface area (Å²) >= 11 is 1.16. The van der Waals surface area contributed by atoms with E-state index in [0.29, 0.717) is 23.7 Å². The molecule has 0 unspecified atom stereocenters. The van der Waals surface area contributed by atoms with Crippen molar-refractivity contribution in [3.63, 3.8) is 0 Å². The molecule has 0 bridgehead atoms. The molecule has 26 heavy (non-hydrogen) atoms. The Hall–Kier alpha value is -2.38. The fourth-order valence-electron chi connectivity index (χ4n) is 2.20. The minimum atomic E-state index is -0.327. The van der Waals surface area contributed by atoms with E-state index in [1.54, 1.807) is 29.2 Å². The summed E-state index contributed by atoms with van der Waals surface area (Å²) in [5.74, 6) is -0.468. The standard InChI is InChI=1S/C19H22FN3O2S/c1-23(2)12-18(24)22-15-7-5-6-14(10-15)11-21-19(25)13-26-17-9-4-3-8-16(17)20/h3-10H,11-13H2,1-2H3,(H,21,25)(H,22,24). The van der Waals surface area contributed by atoms with Crippen LogP contribution in [0.1, 0.15) is 5.56 Å². The molecule has 0 aliphatic carbocycles. The van der Waals surface area contributed by atoms with Crippen molar-refractivity contribution in [3.8, 4) is 0 Å². The maximum Gasteiger partial charge on any atom is 0.238 e. The Morgan fingerprint density at radius 1 is 1.08 bits per heavy atom. The van der Waals surface area contributed by atoms with E-state index >= 15 is 0 Å². The molecule has 2 aromatic carbocycles. The van der Waals surface area contributed by atoms with Gasteiger partial charge in [0.25, 0.3) is 0 Å². The monoisotopic (exact) mass is 375 g/mol. The molecule has 7 heteroatoms. The predicted octanol–water partition coefficient (Wildman–Crippen LogP) is 2.73. The number of rotatable bonds is 8. The lowest BCUT2D eigenvalue weighted by molar-refractivity contribution is -0.119. The molecule has 2 N–H and O–H groups in total. The third kappa shape index (κ3) is 6.85. The van der Waals surface area contributed by atoms with Crippen LogP contribution in [0.25, 0.3) is 0 Å². The lowest BCUT2D eigenvalue weighted by Gasteiger charge is -2.11. The highest BCUT2D eigenvalue weighted by atomic mass is 32.2. The highest BCUT2D eigenvalue weighted by Gasteiger charge is 2.07. The molecule has 0 aliphatic rings. The molecule has 0 heterocycles. The summed E-state index contributed by atoms with van der Waals surface area (Å²) in [7, 11) is 3.65. The second-order valence-electron chi connectivity index (χ2n) is 5.98. The van der Waals surface area contributed by atoms with Gasteiger partial charge in [-0.15, -0.1) is 11.8 Å². The highest BCUT2D eigenvalue weighted by Crippen LogP contribution is 2.20. The summed E-state index contributed by atoms with van der Waals surface area (Å²) in [6, 6.07) is 13.7. The van der Waals surface area contributed by atoms with E-state index in [1.165, 1.54) is 6.07 Å². The first-order chi connectivity index (χ1) is 12.4. The molecule has 0 radical (unpaired) electrons. The van der Waals surface area contributed by atoms with Crippen LogP contribution < -0.4 is 10.6 Å². The van der Waals surface area contributed by atoms with Crippen molar-refractivity contribution in [3.05, 3.63) is 59.9 Å². The zero-order valence-electron chi connectivity index (χ0n) is 14.8. The summed E-state index contributed by atoms with van der Waals surface area (Å²) in [6.45, 7) is 0.641. The minimum Gasteiger partial charge on any atom is -0.351 e. The molecular formula is C19H22FN3O2S. The largest absolute Gasteiger partial charge is 0.351 e. The number of likely N-dealkylation sites (N-methyl/N-ethyl adjacent to an activating group) is 1. The minimum absolute atomic E-state index is 0.0996. The van der Waals surface area contributed by atoms with Crippen LogP contribution in [0.5, 0.6) is 0 Å². The summed E-state index contributed by atoms with van der Waals surface area (Å²) in [5.41, 5.74) is 1.56. The van der Waals surface area contributed by atoms with E-state index in [9.17, 15) is 14.0 Å². The Morgan fingerprint density at radius 3 is 2.58 bits per heavy atom. The van der Waals surface area contributed by atoms with E-state index in [-0.39, 0.29) is 23.4 Å². The molecule has 0 atom stereocenters. The van der Waals surface area contributed by atoms with Crippen LogP contribution in [-0.4, -0.2) is 43.1 Å². The quantitative estimate of drug-likeness (QED) is 0.697. The molecule has 2 rings (SSSR count). The van der Waals surface area contributed by atoms with Crippen LogP contribution in [-0.2, 0) is 16.1 Å². The topological polar surface area (TPSA) is 61.4 Å². The van der Waals surface area contributed by atoms with Gasteiger partial charge in [0.1, 0.15) is 5.82 Å². The lowest BCUT2D eigenvalue weighted by Crippen LogP contribution is -2.27. The number of carbonyl (C=O) groups is 2. The summed E-state index contributed by atoms with van der Waals surface area (Å²) in [4.78, 5) is 26.0. The van der Waals surface area contributed by atoms with Gasteiger partial charge in [0.2, 0.25) is 11.8 Å². The van der Waals surface area contributed by atoms with Crippen LogP contribution in [0.3, 0.4) is 0 Å². The van der Waals surface area contributed by atoms with Crippen LogP contribution in [0.2, 0.25) is 0 Å². The van der Waals surface area contributed by atoms with Crippen LogP contribution in [0, 0.1) is 5.82 Å². The average molecular weight is 375 g/mol. The Labute approximate surface area is 157 Å². The fraction of sp³-hybridized carbons (Fsp3) is 0.263. The molecule has 0 saturated heterocycles. The number of nitrogens with zero attached hydrogens (tertiary/aromatic N) is 1. The van der Waals surface area contributed by atoms with Crippen LogP contribution in [0.15, 0.2) is 53.4 Å². The second-order valence-corrected chi connectivity index (χ2v) is 7.00. The Balaban J connectivity index is 1.81. The van der Waals surface area contributed by atoms with Crippen molar-refractivity contribution in [2.45, 2.75) is 11.4 Å². The molecule has 2 amide bonds. The predicted molar refractivity (Wildman–Crippen MR) is 103 cm³/mol. The van der Waals surface area contributed by atoms with Crippen LogP contribution >= 0.6 is 11.8 Å². The van der Waals surface area contributed by atoms with Crippen LogP contribution in [0.4, 0.5) is 10.1 Å². The maximum absolute atomic E-state index is 13.5. The van der Waals surface area contributed by atoms with Gasteiger partial charge in [0.15, 0.2) is 0 Å². The van der Waals surface area contributed by atoms with Gasteiger partial charge < -0.3 is 15.5 Å². The molecular weight excluding hydrogens is 353 g/mol. The molecule has 138 valence electrons. The number of thioether (sulfide) groups is 1. The molecule has 0 aliphatic heterocycles. The number of amides is 2. The van der Waals surface area contributed by atoms with E-state index < -0.39 is 0 Å². The average Bonchev–Trinajstić information content (AvgIpc) is 2.59. The summed E-state index contributed by atoms with van der Waals surface area (Å²) < 4.78 is 13.5. The van der Waals surface area contributed by atoms with Gasteiger partial charge in [-0.2, -0.15) is 0 Å². The molecule has 0 spiro atoms. The number of nitrogens with one attached hydrogen (secondary N) is 2.